The fraction of sp³-hybridized carbons (Fsp3) is 0.125. The number of rotatable bonds is 1. The highest BCUT2D eigenvalue weighted by Gasteiger charge is 2.17. The maximum Gasteiger partial charge on any atom is 0.256 e. The molecule has 1 aromatic heterocycles. The minimum Gasteiger partial charge on any atom is -0.492 e. The van der Waals surface area contributed by atoms with Crippen LogP contribution in [-0.4, -0.2) is 33.7 Å². The van der Waals surface area contributed by atoms with Gasteiger partial charge in [0.15, 0.2) is 5.13 Å². The Kier molecular flexibility index (Phi) is 2.59. The van der Waals surface area contributed by atoms with E-state index in [2.05, 4.69) is 15.3 Å². The summed E-state index contributed by atoms with van der Waals surface area (Å²) in [6.07, 6.45) is 1.40. The van der Waals surface area contributed by atoms with Crippen LogP contribution in [0.2, 0.25) is 0 Å². The normalized spacial score (nSPS) is 22.4. The SMILES string of the molecule is Nc1nc(O)c(C=C2C=NC(O)NC2=O)s1. The lowest BCUT2D eigenvalue weighted by molar-refractivity contribution is -0.119. The van der Waals surface area contributed by atoms with Crippen molar-refractivity contribution >= 4 is 34.7 Å². The van der Waals surface area contributed by atoms with Crippen LogP contribution in [0.3, 0.4) is 0 Å². The van der Waals surface area contributed by atoms with Gasteiger partial charge in [-0.1, -0.05) is 11.3 Å². The van der Waals surface area contributed by atoms with Crippen molar-refractivity contribution in [1.29, 1.82) is 0 Å². The van der Waals surface area contributed by atoms with E-state index < -0.39 is 12.3 Å². The Morgan fingerprint density at radius 2 is 2.38 bits per heavy atom. The van der Waals surface area contributed by atoms with Crippen LogP contribution in [-0.2, 0) is 4.79 Å². The van der Waals surface area contributed by atoms with Crippen LogP contribution in [0.4, 0.5) is 5.13 Å². The second-order valence-corrected chi connectivity index (χ2v) is 4.03. The van der Waals surface area contributed by atoms with Gasteiger partial charge in [0.05, 0.1) is 10.5 Å². The number of anilines is 1. The molecule has 1 aromatic rings. The van der Waals surface area contributed by atoms with Crippen molar-refractivity contribution in [3.63, 3.8) is 0 Å². The van der Waals surface area contributed by atoms with Gasteiger partial charge in [-0.15, -0.1) is 0 Å². The van der Waals surface area contributed by atoms with Crippen molar-refractivity contribution in [1.82, 2.24) is 10.3 Å². The number of nitrogens with two attached hydrogens (primary N) is 1. The van der Waals surface area contributed by atoms with E-state index in [1.807, 2.05) is 0 Å². The second kappa shape index (κ2) is 3.91. The van der Waals surface area contributed by atoms with E-state index in [1.54, 1.807) is 0 Å². The summed E-state index contributed by atoms with van der Waals surface area (Å²) < 4.78 is 0. The summed E-state index contributed by atoms with van der Waals surface area (Å²) >= 11 is 1.05. The Bertz CT molecular complexity index is 493. The van der Waals surface area contributed by atoms with Gasteiger partial charge in [-0.3, -0.25) is 4.79 Å². The van der Waals surface area contributed by atoms with Crippen LogP contribution in [0, 0.1) is 0 Å². The molecule has 0 fully saturated rings. The lowest BCUT2D eigenvalue weighted by Crippen LogP contribution is -2.38. The average Bonchev–Trinajstić information content (AvgIpc) is 2.50. The number of aliphatic hydroxyl groups is 1. The van der Waals surface area contributed by atoms with Crippen molar-refractivity contribution in [3.05, 3.63) is 10.5 Å². The van der Waals surface area contributed by atoms with E-state index >= 15 is 0 Å². The molecule has 1 unspecified atom stereocenters. The van der Waals surface area contributed by atoms with Crippen LogP contribution in [0.15, 0.2) is 10.6 Å². The summed E-state index contributed by atoms with van der Waals surface area (Å²) in [5.41, 5.74) is 5.60. The molecule has 1 atom stereocenters. The van der Waals surface area contributed by atoms with Gasteiger partial charge in [-0.25, -0.2) is 4.99 Å². The predicted octanol–water partition coefficient (Wildman–Crippen LogP) is -0.709. The highest BCUT2D eigenvalue weighted by molar-refractivity contribution is 7.16. The molecule has 84 valence electrons. The predicted molar refractivity (Wildman–Crippen MR) is 58.8 cm³/mol. The van der Waals surface area contributed by atoms with Crippen LogP contribution in [0.1, 0.15) is 4.88 Å². The quantitative estimate of drug-likeness (QED) is 0.483. The van der Waals surface area contributed by atoms with E-state index in [-0.39, 0.29) is 16.6 Å². The Labute approximate surface area is 94.0 Å². The zero-order chi connectivity index (χ0) is 11.7. The molecule has 0 radical (unpaired) electrons. The van der Waals surface area contributed by atoms with Crippen LogP contribution < -0.4 is 11.1 Å². The third-order valence-corrected chi connectivity index (χ3v) is 2.64. The molecule has 0 aromatic carbocycles. The molecule has 0 saturated heterocycles. The Morgan fingerprint density at radius 3 is 2.94 bits per heavy atom. The molecular formula is C8H8N4O3S. The molecular weight excluding hydrogens is 232 g/mol. The molecule has 0 aliphatic carbocycles. The number of aromatic hydroxyl groups is 1. The molecule has 0 spiro atoms. The summed E-state index contributed by atoms with van der Waals surface area (Å²) in [6.45, 7) is 0. The second-order valence-electron chi connectivity index (χ2n) is 2.96. The highest BCUT2D eigenvalue weighted by atomic mass is 32.1. The standard InChI is InChI=1S/C8H8N4O3S/c9-7-11-6(14)4(16-7)1-3-2-10-8(15)12-5(3)13/h1-2,8,14-15H,(H2,9,11)(H,12,13). The number of hydrogen-bond donors (Lipinski definition) is 4. The van der Waals surface area contributed by atoms with Crippen molar-refractivity contribution in [2.75, 3.05) is 5.73 Å². The first kappa shape index (κ1) is 10.6. The molecule has 16 heavy (non-hydrogen) atoms. The van der Waals surface area contributed by atoms with Gasteiger partial charge in [0, 0.05) is 6.21 Å². The molecule has 0 saturated carbocycles. The molecule has 8 heteroatoms. The number of nitrogens with one attached hydrogen (secondary N) is 1. The van der Waals surface area contributed by atoms with Crippen molar-refractivity contribution in [3.8, 4) is 5.88 Å². The first-order valence-corrected chi connectivity index (χ1v) is 5.07. The van der Waals surface area contributed by atoms with Crippen molar-refractivity contribution in [2.24, 2.45) is 4.99 Å². The summed E-state index contributed by atoms with van der Waals surface area (Å²) in [5, 5.41) is 20.7. The molecule has 1 aliphatic heterocycles. The number of aliphatic imine (C=N–C) groups is 1. The van der Waals surface area contributed by atoms with Gasteiger partial charge in [0.25, 0.3) is 5.91 Å². The minimum atomic E-state index is -1.22. The number of thiazole rings is 1. The highest BCUT2D eigenvalue weighted by Crippen LogP contribution is 2.28. The van der Waals surface area contributed by atoms with E-state index in [4.69, 9.17) is 10.8 Å². The first-order chi connectivity index (χ1) is 7.56. The van der Waals surface area contributed by atoms with E-state index in [1.165, 1.54) is 12.3 Å². The van der Waals surface area contributed by atoms with Crippen LogP contribution >= 0.6 is 11.3 Å². The number of hydrogen-bond acceptors (Lipinski definition) is 7. The van der Waals surface area contributed by atoms with E-state index in [0.29, 0.717) is 4.88 Å². The Balaban J connectivity index is 2.34. The number of aromatic nitrogens is 1. The number of aliphatic hydroxyl groups excluding tert-OH is 1. The van der Waals surface area contributed by atoms with Gasteiger partial charge in [-0.2, -0.15) is 4.98 Å². The topological polar surface area (TPSA) is 121 Å². The molecule has 1 aliphatic rings. The van der Waals surface area contributed by atoms with Crippen LogP contribution in [0.25, 0.3) is 6.08 Å². The number of amides is 1. The van der Waals surface area contributed by atoms with E-state index in [0.717, 1.165) is 11.3 Å². The lowest BCUT2D eigenvalue weighted by atomic mass is 10.2. The maximum absolute atomic E-state index is 11.4. The van der Waals surface area contributed by atoms with Gasteiger partial charge >= 0.3 is 0 Å². The van der Waals surface area contributed by atoms with Crippen LogP contribution in [0.5, 0.6) is 5.88 Å². The molecule has 0 bridgehead atoms. The molecule has 2 heterocycles. The fourth-order valence-corrected chi connectivity index (χ4v) is 1.81. The number of nitrogens with zero attached hydrogens (tertiary/aromatic N) is 2. The minimum absolute atomic E-state index is 0.206. The van der Waals surface area contributed by atoms with Gasteiger partial charge < -0.3 is 21.3 Å². The zero-order valence-electron chi connectivity index (χ0n) is 7.91. The largest absolute Gasteiger partial charge is 0.492 e. The molecule has 2 rings (SSSR count). The van der Waals surface area contributed by atoms with Gasteiger partial charge in [0.1, 0.15) is 0 Å². The smallest absolute Gasteiger partial charge is 0.256 e. The third kappa shape index (κ3) is 2.02. The van der Waals surface area contributed by atoms with Gasteiger partial charge in [0.2, 0.25) is 12.2 Å². The zero-order valence-corrected chi connectivity index (χ0v) is 8.73. The first-order valence-electron chi connectivity index (χ1n) is 4.25. The molecule has 7 nitrogen and oxygen atoms in total. The summed E-state index contributed by atoms with van der Waals surface area (Å²) in [5.74, 6) is -0.712. The summed E-state index contributed by atoms with van der Waals surface area (Å²) in [6, 6.07) is 0. The van der Waals surface area contributed by atoms with E-state index in [9.17, 15) is 9.90 Å². The fourth-order valence-electron chi connectivity index (χ4n) is 1.13. The van der Waals surface area contributed by atoms with Gasteiger partial charge in [-0.05, 0) is 6.08 Å². The average molecular weight is 240 g/mol. The number of carbonyl (C=O) groups is 1. The summed E-state index contributed by atoms with van der Waals surface area (Å²) in [4.78, 5) is 18.9. The number of carbonyl (C=O) groups excluding carboxylic acids is 1. The van der Waals surface area contributed by atoms with Crippen molar-refractivity contribution in [2.45, 2.75) is 6.35 Å². The molecule has 5 N–H and O–H groups in total. The van der Waals surface area contributed by atoms with Crippen molar-refractivity contribution < 1.29 is 15.0 Å². The Morgan fingerprint density at radius 1 is 1.62 bits per heavy atom. The lowest BCUT2D eigenvalue weighted by Gasteiger charge is -2.13. The monoisotopic (exact) mass is 240 g/mol. The summed E-state index contributed by atoms with van der Waals surface area (Å²) in [7, 11) is 0. The third-order valence-electron chi connectivity index (χ3n) is 1.81. The maximum atomic E-state index is 11.4. The number of nitrogen functional groups attached to an aromatic ring is 1. The molecule has 1 amide bonds. The Hall–Kier alpha value is -1.93.